The number of fused-ring (bicyclic) bond motifs is 1. The number of amides is 1. The van der Waals surface area contributed by atoms with E-state index < -0.39 is 6.09 Å². The van der Waals surface area contributed by atoms with E-state index in [1.165, 1.54) is 12.4 Å². The van der Waals surface area contributed by atoms with Crippen LogP contribution in [0.3, 0.4) is 0 Å². The molecule has 3 heterocycles. The van der Waals surface area contributed by atoms with E-state index in [2.05, 4.69) is 19.9 Å². The third kappa shape index (κ3) is 2.59. The molecule has 110 valence electrons. The van der Waals surface area contributed by atoms with Crippen LogP contribution in [0.5, 0.6) is 0 Å². The Balaban J connectivity index is 2.09. The Bertz CT molecular complexity index is 904. The number of aromatic nitrogens is 4. The van der Waals surface area contributed by atoms with E-state index >= 15 is 0 Å². The summed E-state index contributed by atoms with van der Waals surface area (Å²) in [6.45, 7) is 0. The second-order valence-corrected chi connectivity index (χ2v) is 4.71. The Kier molecular flexibility index (Phi) is 3.43. The molecule has 0 radical (unpaired) electrons. The zero-order valence-electron chi connectivity index (χ0n) is 11.0. The van der Waals surface area contributed by atoms with Crippen molar-refractivity contribution < 1.29 is 9.90 Å². The first-order valence-electron chi connectivity index (χ1n) is 6.06. The number of amidine groups is 1. The van der Waals surface area contributed by atoms with E-state index in [4.69, 9.17) is 22.4 Å². The number of rotatable bonds is 2. The number of halogens is 1. The number of carboxylic acid groups (broad SMARTS) is 1. The van der Waals surface area contributed by atoms with Gasteiger partial charge in [0.05, 0.1) is 10.7 Å². The number of imidazole rings is 1. The first-order chi connectivity index (χ1) is 10.5. The van der Waals surface area contributed by atoms with Gasteiger partial charge in [0, 0.05) is 24.2 Å². The standard InChI is InChI=1S/C13H9ClN6O2/c14-8-3-7(5-20-2-1-16-12(8)20)9-4-10(18-6-17-9)11(15)19-13(21)22/h1-6H,(H2,15,19)(H,21,22). The van der Waals surface area contributed by atoms with Crippen molar-refractivity contribution >= 4 is 29.2 Å². The second kappa shape index (κ2) is 5.41. The van der Waals surface area contributed by atoms with Gasteiger partial charge in [-0.15, -0.1) is 0 Å². The molecule has 0 aliphatic carbocycles. The highest BCUT2D eigenvalue weighted by Gasteiger charge is 2.09. The molecule has 0 aliphatic rings. The number of aliphatic imine (C=N–C) groups is 1. The lowest BCUT2D eigenvalue weighted by atomic mass is 10.2. The van der Waals surface area contributed by atoms with Crippen LogP contribution in [0, 0.1) is 0 Å². The van der Waals surface area contributed by atoms with Crippen molar-refractivity contribution in [2.45, 2.75) is 0 Å². The number of carbonyl (C=O) groups is 1. The van der Waals surface area contributed by atoms with Gasteiger partial charge in [0.2, 0.25) is 0 Å². The fourth-order valence-electron chi connectivity index (χ4n) is 1.95. The molecule has 0 spiro atoms. The van der Waals surface area contributed by atoms with E-state index in [0.717, 1.165) is 0 Å². The lowest BCUT2D eigenvalue weighted by Gasteiger charge is -2.05. The summed E-state index contributed by atoms with van der Waals surface area (Å²) in [5.41, 5.74) is 7.68. The molecule has 8 nitrogen and oxygen atoms in total. The Morgan fingerprint density at radius 2 is 2.14 bits per heavy atom. The second-order valence-electron chi connectivity index (χ2n) is 4.30. The highest BCUT2D eigenvalue weighted by atomic mass is 35.5. The van der Waals surface area contributed by atoms with Gasteiger partial charge in [-0.3, -0.25) is 0 Å². The highest BCUT2D eigenvalue weighted by molar-refractivity contribution is 6.33. The van der Waals surface area contributed by atoms with Crippen LogP contribution >= 0.6 is 11.6 Å². The maximum atomic E-state index is 10.6. The van der Waals surface area contributed by atoms with Gasteiger partial charge in [-0.05, 0) is 12.1 Å². The van der Waals surface area contributed by atoms with E-state index in [-0.39, 0.29) is 11.5 Å². The van der Waals surface area contributed by atoms with Gasteiger partial charge in [-0.2, -0.15) is 4.99 Å². The smallest absolute Gasteiger partial charge is 0.433 e. The molecule has 3 rings (SSSR count). The van der Waals surface area contributed by atoms with E-state index in [1.54, 1.807) is 29.1 Å². The van der Waals surface area contributed by atoms with Crippen LogP contribution in [0.1, 0.15) is 5.69 Å². The summed E-state index contributed by atoms with van der Waals surface area (Å²) in [6.07, 6.45) is 5.08. The molecule has 9 heteroatoms. The molecular formula is C13H9ClN6O2. The first-order valence-corrected chi connectivity index (χ1v) is 6.44. The monoisotopic (exact) mass is 316 g/mol. The topological polar surface area (TPSA) is 119 Å². The number of hydrogen-bond acceptors (Lipinski definition) is 4. The molecule has 0 unspecified atom stereocenters. The van der Waals surface area contributed by atoms with E-state index in [0.29, 0.717) is 21.9 Å². The molecule has 22 heavy (non-hydrogen) atoms. The molecular weight excluding hydrogens is 308 g/mol. The van der Waals surface area contributed by atoms with Crippen LogP contribution in [0.4, 0.5) is 4.79 Å². The van der Waals surface area contributed by atoms with Gasteiger partial charge in [0.15, 0.2) is 11.5 Å². The van der Waals surface area contributed by atoms with Gasteiger partial charge in [-0.25, -0.2) is 19.7 Å². The minimum absolute atomic E-state index is 0.203. The predicted molar refractivity (Wildman–Crippen MR) is 80.0 cm³/mol. The van der Waals surface area contributed by atoms with Gasteiger partial charge < -0.3 is 15.2 Å². The molecule has 3 aromatic heterocycles. The maximum absolute atomic E-state index is 10.6. The molecule has 0 aliphatic heterocycles. The summed E-state index contributed by atoms with van der Waals surface area (Å²) in [5, 5.41) is 9.09. The van der Waals surface area contributed by atoms with Gasteiger partial charge in [0.25, 0.3) is 0 Å². The largest absolute Gasteiger partial charge is 0.463 e. The van der Waals surface area contributed by atoms with Crippen LogP contribution in [-0.2, 0) is 0 Å². The minimum atomic E-state index is -1.39. The Morgan fingerprint density at radius 1 is 1.32 bits per heavy atom. The molecule has 0 saturated heterocycles. The van der Waals surface area contributed by atoms with Crippen molar-refractivity contribution in [3.05, 3.63) is 47.8 Å². The fraction of sp³-hybridized carbons (Fsp3) is 0. The number of nitrogens with zero attached hydrogens (tertiary/aromatic N) is 5. The SMILES string of the molecule is NC(=NC(=O)O)c1cc(-c2cc(Cl)c3nccn3c2)ncn1. The molecule has 1 amide bonds. The van der Waals surface area contributed by atoms with Crippen molar-refractivity contribution in [3.8, 4) is 11.3 Å². The van der Waals surface area contributed by atoms with Crippen molar-refractivity contribution in [1.82, 2.24) is 19.4 Å². The summed E-state index contributed by atoms with van der Waals surface area (Å²) in [6, 6.07) is 3.25. The lowest BCUT2D eigenvalue weighted by Crippen LogP contribution is -2.17. The van der Waals surface area contributed by atoms with E-state index in [9.17, 15) is 4.79 Å². The summed E-state index contributed by atoms with van der Waals surface area (Å²) >= 11 is 6.17. The van der Waals surface area contributed by atoms with Gasteiger partial charge >= 0.3 is 6.09 Å². The molecule has 0 fully saturated rings. The molecule has 0 aromatic carbocycles. The average Bonchev–Trinajstić information content (AvgIpc) is 2.95. The highest BCUT2D eigenvalue weighted by Crippen LogP contribution is 2.24. The summed E-state index contributed by atoms with van der Waals surface area (Å²) < 4.78 is 1.76. The Labute approximate surface area is 128 Å². The van der Waals surface area contributed by atoms with Crippen molar-refractivity contribution in [3.63, 3.8) is 0 Å². The van der Waals surface area contributed by atoms with Crippen LogP contribution in [0.15, 0.2) is 42.0 Å². The van der Waals surface area contributed by atoms with Crippen LogP contribution in [-0.4, -0.2) is 36.4 Å². The minimum Gasteiger partial charge on any atom is -0.463 e. The third-order valence-corrected chi connectivity index (χ3v) is 3.16. The molecule has 3 N–H and O–H groups in total. The van der Waals surface area contributed by atoms with Crippen LogP contribution < -0.4 is 5.73 Å². The zero-order valence-corrected chi connectivity index (χ0v) is 11.8. The normalized spacial score (nSPS) is 11.8. The van der Waals surface area contributed by atoms with Crippen LogP contribution in [0.25, 0.3) is 16.9 Å². The Hall–Kier alpha value is -3.00. The van der Waals surface area contributed by atoms with Crippen molar-refractivity contribution in [1.29, 1.82) is 0 Å². The predicted octanol–water partition coefficient (Wildman–Crippen LogP) is 1.83. The van der Waals surface area contributed by atoms with Gasteiger partial charge in [0.1, 0.15) is 12.0 Å². The third-order valence-electron chi connectivity index (χ3n) is 2.88. The molecule has 0 bridgehead atoms. The molecule has 0 saturated carbocycles. The lowest BCUT2D eigenvalue weighted by molar-refractivity contribution is 0.205. The quantitative estimate of drug-likeness (QED) is 0.550. The number of pyridine rings is 1. The van der Waals surface area contributed by atoms with Gasteiger partial charge in [-0.1, -0.05) is 11.6 Å². The zero-order chi connectivity index (χ0) is 15.7. The van der Waals surface area contributed by atoms with Crippen molar-refractivity contribution in [2.24, 2.45) is 10.7 Å². The Morgan fingerprint density at radius 3 is 2.91 bits per heavy atom. The number of nitrogens with two attached hydrogens (primary N) is 1. The fourth-order valence-corrected chi connectivity index (χ4v) is 2.21. The van der Waals surface area contributed by atoms with E-state index in [1.807, 2.05) is 0 Å². The maximum Gasteiger partial charge on any atom is 0.433 e. The molecule has 3 aromatic rings. The number of hydrogen-bond donors (Lipinski definition) is 2. The first kappa shape index (κ1) is 14.0. The van der Waals surface area contributed by atoms with Crippen molar-refractivity contribution in [2.75, 3.05) is 0 Å². The van der Waals surface area contributed by atoms with Crippen LogP contribution in [0.2, 0.25) is 5.02 Å². The summed E-state index contributed by atoms with van der Waals surface area (Å²) in [5.74, 6) is -0.203. The molecule has 0 atom stereocenters. The summed E-state index contributed by atoms with van der Waals surface area (Å²) in [4.78, 5) is 26.0. The average molecular weight is 317 g/mol. The summed E-state index contributed by atoms with van der Waals surface area (Å²) in [7, 11) is 0.